The zero-order valence-corrected chi connectivity index (χ0v) is 14.9. The molecule has 0 bridgehead atoms. The predicted molar refractivity (Wildman–Crippen MR) is 93.0 cm³/mol. The third kappa shape index (κ3) is 4.25. The molecule has 24 heavy (non-hydrogen) atoms. The van der Waals surface area contributed by atoms with Crippen molar-refractivity contribution in [2.75, 3.05) is 6.54 Å². The number of hydrogen-bond donors (Lipinski definition) is 2. The van der Waals surface area contributed by atoms with Gasteiger partial charge in [-0.2, -0.15) is 0 Å². The van der Waals surface area contributed by atoms with E-state index >= 15 is 0 Å². The van der Waals surface area contributed by atoms with Gasteiger partial charge in [0.25, 0.3) is 5.91 Å². The number of rotatable bonds is 5. The summed E-state index contributed by atoms with van der Waals surface area (Å²) in [6.07, 6.45) is 0. The molecule has 0 aliphatic carbocycles. The van der Waals surface area contributed by atoms with Gasteiger partial charge in [0.05, 0.1) is 12.1 Å². The van der Waals surface area contributed by atoms with Crippen LogP contribution < -0.4 is 10.6 Å². The summed E-state index contributed by atoms with van der Waals surface area (Å²) in [6.45, 7) is 10.0. The topological polar surface area (TPSA) is 71.3 Å². The molecule has 0 saturated heterocycles. The van der Waals surface area contributed by atoms with E-state index in [9.17, 15) is 9.59 Å². The van der Waals surface area contributed by atoms with Gasteiger partial charge in [-0.15, -0.1) is 0 Å². The fourth-order valence-electron chi connectivity index (χ4n) is 2.85. The van der Waals surface area contributed by atoms with Gasteiger partial charge < -0.3 is 15.1 Å². The Balaban J connectivity index is 1.88. The van der Waals surface area contributed by atoms with Gasteiger partial charge in [-0.1, -0.05) is 17.7 Å². The highest BCUT2D eigenvalue weighted by Crippen LogP contribution is 2.16. The van der Waals surface area contributed by atoms with Crippen LogP contribution in [0, 0.1) is 34.6 Å². The summed E-state index contributed by atoms with van der Waals surface area (Å²) in [5.74, 6) is 0.700. The molecule has 0 fully saturated rings. The number of aryl methyl sites for hydroxylation is 5. The average molecular weight is 328 g/mol. The molecule has 2 N–H and O–H groups in total. The summed E-state index contributed by atoms with van der Waals surface area (Å²) < 4.78 is 5.32. The van der Waals surface area contributed by atoms with E-state index in [2.05, 4.69) is 29.7 Å². The normalized spacial score (nSPS) is 10.5. The standard InChI is InChI=1S/C19H24N2O3/c1-11-6-12(2)17(13(3)7-11)9-20-18(22)10-21-19(23)16-8-14(4)24-15(16)5/h6-8H,9-10H2,1-5H3,(H,20,22)(H,21,23). The van der Waals surface area contributed by atoms with Crippen molar-refractivity contribution in [2.45, 2.75) is 41.2 Å². The molecule has 0 aliphatic rings. The van der Waals surface area contributed by atoms with E-state index in [1.807, 2.05) is 13.8 Å². The molecule has 0 unspecified atom stereocenters. The second-order valence-electron chi connectivity index (χ2n) is 6.16. The minimum Gasteiger partial charge on any atom is -0.466 e. The van der Waals surface area contributed by atoms with Crippen LogP contribution in [0.2, 0.25) is 0 Å². The first kappa shape index (κ1) is 17.8. The van der Waals surface area contributed by atoms with Gasteiger partial charge in [0.1, 0.15) is 11.5 Å². The van der Waals surface area contributed by atoms with Gasteiger partial charge in [-0.25, -0.2) is 0 Å². The SMILES string of the molecule is Cc1cc(C)c(CNC(=O)CNC(=O)c2cc(C)oc2C)c(C)c1. The lowest BCUT2D eigenvalue weighted by Crippen LogP contribution is -2.36. The molecular formula is C19H24N2O3. The van der Waals surface area contributed by atoms with Crippen LogP contribution >= 0.6 is 0 Å². The summed E-state index contributed by atoms with van der Waals surface area (Å²) in [4.78, 5) is 24.0. The Kier molecular flexibility index (Phi) is 5.44. The highest BCUT2D eigenvalue weighted by molar-refractivity contribution is 5.97. The highest BCUT2D eigenvalue weighted by atomic mass is 16.3. The Hall–Kier alpha value is -2.56. The fourth-order valence-corrected chi connectivity index (χ4v) is 2.85. The lowest BCUT2D eigenvalue weighted by molar-refractivity contribution is -0.120. The van der Waals surface area contributed by atoms with Gasteiger partial charge in [0.15, 0.2) is 0 Å². The zero-order chi connectivity index (χ0) is 17.9. The second-order valence-corrected chi connectivity index (χ2v) is 6.16. The smallest absolute Gasteiger partial charge is 0.255 e. The maximum absolute atomic E-state index is 12.1. The first-order chi connectivity index (χ1) is 11.3. The maximum atomic E-state index is 12.1. The van der Waals surface area contributed by atoms with Crippen molar-refractivity contribution in [3.05, 3.63) is 57.5 Å². The van der Waals surface area contributed by atoms with Crippen LogP contribution in [-0.4, -0.2) is 18.4 Å². The van der Waals surface area contributed by atoms with Crippen molar-refractivity contribution < 1.29 is 14.0 Å². The number of carbonyl (C=O) groups excluding carboxylic acids is 2. The second kappa shape index (κ2) is 7.34. The van der Waals surface area contributed by atoms with E-state index in [4.69, 9.17) is 4.42 Å². The summed E-state index contributed by atoms with van der Waals surface area (Å²) in [5, 5.41) is 5.47. The molecule has 0 aliphatic heterocycles. The van der Waals surface area contributed by atoms with Crippen molar-refractivity contribution in [3.63, 3.8) is 0 Å². The molecule has 1 aromatic heterocycles. The highest BCUT2D eigenvalue weighted by Gasteiger charge is 2.14. The molecule has 1 heterocycles. The Bertz CT molecular complexity index is 752. The maximum Gasteiger partial charge on any atom is 0.255 e. The van der Waals surface area contributed by atoms with E-state index in [1.165, 1.54) is 5.56 Å². The van der Waals surface area contributed by atoms with Crippen molar-refractivity contribution in [1.29, 1.82) is 0 Å². The number of amides is 2. The number of furan rings is 1. The van der Waals surface area contributed by atoms with Crippen LogP contribution in [0.3, 0.4) is 0 Å². The Morgan fingerprint density at radius 3 is 2.12 bits per heavy atom. The number of benzene rings is 1. The number of hydrogen-bond acceptors (Lipinski definition) is 3. The van der Waals surface area contributed by atoms with Crippen LogP contribution in [0.15, 0.2) is 22.6 Å². The van der Waals surface area contributed by atoms with Crippen LogP contribution in [0.4, 0.5) is 0 Å². The molecule has 5 nitrogen and oxygen atoms in total. The minimum absolute atomic E-state index is 0.0630. The fraction of sp³-hybridized carbons (Fsp3) is 0.368. The molecule has 0 atom stereocenters. The van der Waals surface area contributed by atoms with E-state index in [-0.39, 0.29) is 18.4 Å². The average Bonchev–Trinajstić information content (AvgIpc) is 2.82. The van der Waals surface area contributed by atoms with Gasteiger partial charge in [-0.3, -0.25) is 9.59 Å². The molecule has 128 valence electrons. The van der Waals surface area contributed by atoms with Gasteiger partial charge in [0.2, 0.25) is 5.91 Å². The molecule has 5 heteroatoms. The number of nitrogens with one attached hydrogen (secondary N) is 2. The van der Waals surface area contributed by atoms with Crippen LogP contribution in [0.1, 0.15) is 44.1 Å². The third-order valence-electron chi connectivity index (χ3n) is 4.00. The third-order valence-corrected chi connectivity index (χ3v) is 4.00. The molecule has 1 aromatic carbocycles. The van der Waals surface area contributed by atoms with E-state index < -0.39 is 0 Å². The monoisotopic (exact) mass is 328 g/mol. The largest absolute Gasteiger partial charge is 0.466 e. The Morgan fingerprint density at radius 1 is 0.958 bits per heavy atom. The molecule has 0 saturated carbocycles. The molecule has 2 aromatic rings. The van der Waals surface area contributed by atoms with E-state index in [0.717, 1.165) is 16.7 Å². The molecule has 0 spiro atoms. The lowest BCUT2D eigenvalue weighted by Gasteiger charge is -2.12. The van der Waals surface area contributed by atoms with Gasteiger partial charge in [-0.05, 0) is 57.4 Å². The van der Waals surface area contributed by atoms with E-state index in [0.29, 0.717) is 23.6 Å². The molecular weight excluding hydrogens is 304 g/mol. The van der Waals surface area contributed by atoms with Crippen molar-refractivity contribution >= 4 is 11.8 Å². The Labute approximate surface area is 142 Å². The van der Waals surface area contributed by atoms with Crippen LogP contribution in [0.25, 0.3) is 0 Å². The predicted octanol–water partition coefficient (Wildman–Crippen LogP) is 2.87. The van der Waals surface area contributed by atoms with Crippen LogP contribution in [-0.2, 0) is 11.3 Å². The van der Waals surface area contributed by atoms with Gasteiger partial charge >= 0.3 is 0 Å². The van der Waals surface area contributed by atoms with Crippen molar-refractivity contribution in [3.8, 4) is 0 Å². The quantitative estimate of drug-likeness (QED) is 0.886. The van der Waals surface area contributed by atoms with E-state index in [1.54, 1.807) is 19.9 Å². The number of carbonyl (C=O) groups is 2. The Morgan fingerprint density at radius 2 is 1.58 bits per heavy atom. The molecule has 2 amide bonds. The van der Waals surface area contributed by atoms with Crippen LogP contribution in [0.5, 0.6) is 0 Å². The zero-order valence-electron chi connectivity index (χ0n) is 14.9. The first-order valence-electron chi connectivity index (χ1n) is 7.96. The summed E-state index contributed by atoms with van der Waals surface area (Å²) in [6, 6.07) is 5.86. The molecule has 0 radical (unpaired) electrons. The summed E-state index contributed by atoms with van der Waals surface area (Å²) in [7, 11) is 0. The summed E-state index contributed by atoms with van der Waals surface area (Å²) in [5.41, 5.74) is 5.09. The van der Waals surface area contributed by atoms with Crippen molar-refractivity contribution in [1.82, 2.24) is 10.6 Å². The van der Waals surface area contributed by atoms with Crippen molar-refractivity contribution in [2.24, 2.45) is 0 Å². The van der Waals surface area contributed by atoms with Gasteiger partial charge in [0, 0.05) is 6.54 Å². The molecule has 2 rings (SSSR count). The summed E-state index contributed by atoms with van der Waals surface area (Å²) >= 11 is 0. The lowest BCUT2D eigenvalue weighted by atomic mass is 10.00. The minimum atomic E-state index is -0.304. The first-order valence-corrected chi connectivity index (χ1v) is 7.96.